The largest absolute Gasteiger partial charge is 0.507 e. The molecule has 1 aliphatic rings. The van der Waals surface area contributed by atoms with Gasteiger partial charge < -0.3 is 10.0 Å². The minimum absolute atomic E-state index is 0.0787. The lowest BCUT2D eigenvalue weighted by atomic mass is 9.95. The number of hydrogen-bond donors (Lipinski definition) is 1. The fourth-order valence-corrected chi connectivity index (χ4v) is 3.47. The lowest BCUT2D eigenvalue weighted by molar-refractivity contribution is -0.140. The molecule has 0 radical (unpaired) electrons. The summed E-state index contributed by atoms with van der Waals surface area (Å²) in [4.78, 5) is 26.9. The zero-order valence-corrected chi connectivity index (χ0v) is 15.4. The van der Waals surface area contributed by atoms with Gasteiger partial charge in [0.25, 0.3) is 11.7 Å². The molecule has 2 aromatic carbocycles. The maximum Gasteiger partial charge on any atom is 0.295 e. The summed E-state index contributed by atoms with van der Waals surface area (Å²) in [7, 11) is 0. The van der Waals surface area contributed by atoms with E-state index in [-0.39, 0.29) is 17.3 Å². The smallest absolute Gasteiger partial charge is 0.295 e. The number of nitrogens with zero attached hydrogens (tertiary/aromatic N) is 1. The zero-order chi connectivity index (χ0) is 18.8. The summed E-state index contributed by atoms with van der Waals surface area (Å²) in [5.74, 6) is -1.31. The highest BCUT2D eigenvalue weighted by Gasteiger charge is 2.46. The Kier molecular flexibility index (Phi) is 5.14. The number of hydrogen-bond acceptors (Lipinski definition) is 3. The number of benzene rings is 2. The van der Waals surface area contributed by atoms with Crippen molar-refractivity contribution in [1.29, 1.82) is 0 Å². The van der Waals surface area contributed by atoms with Gasteiger partial charge in [-0.3, -0.25) is 9.59 Å². The Balaban J connectivity index is 2.22. The first-order chi connectivity index (χ1) is 12.4. The summed E-state index contributed by atoms with van der Waals surface area (Å²) in [5.41, 5.74) is 1.20. The number of amides is 1. The number of carbonyl (C=O) groups excluding carboxylic acids is 2. The molecule has 1 heterocycles. The van der Waals surface area contributed by atoms with Crippen molar-refractivity contribution in [3.63, 3.8) is 0 Å². The van der Waals surface area contributed by atoms with Gasteiger partial charge in [-0.05, 0) is 17.5 Å². The number of rotatable bonds is 4. The number of Topliss-reactive ketones (excluding diaryl/α,β-unsaturated/α-hetero) is 1. The van der Waals surface area contributed by atoms with Crippen LogP contribution in [-0.4, -0.2) is 28.2 Å². The number of likely N-dealkylation sites (tertiary alicyclic amines) is 1. The number of aliphatic hydroxyl groups is 1. The molecular formula is C21H20ClNO3. The summed E-state index contributed by atoms with van der Waals surface area (Å²) in [6.45, 7) is 4.34. The molecule has 0 aromatic heterocycles. The van der Waals surface area contributed by atoms with Crippen molar-refractivity contribution >= 4 is 29.1 Å². The summed E-state index contributed by atoms with van der Waals surface area (Å²) >= 11 is 6.36. The fourth-order valence-electron chi connectivity index (χ4n) is 3.23. The molecule has 26 heavy (non-hydrogen) atoms. The third-order valence-electron chi connectivity index (χ3n) is 4.35. The van der Waals surface area contributed by atoms with Gasteiger partial charge in [0.1, 0.15) is 5.76 Å². The van der Waals surface area contributed by atoms with Crippen LogP contribution < -0.4 is 0 Å². The second-order valence-electron chi connectivity index (χ2n) is 6.73. The van der Waals surface area contributed by atoms with E-state index < -0.39 is 17.7 Å². The monoisotopic (exact) mass is 369 g/mol. The Morgan fingerprint density at radius 1 is 1.08 bits per heavy atom. The van der Waals surface area contributed by atoms with E-state index in [1.165, 1.54) is 4.90 Å². The van der Waals surface area contributed by atoms with Crippen LogP contribution in [0.5, 0.6) is 0 Å². The van der Waals surface area contributed by atoms with Crippen molar-refractivity contribution in [1.82, 2.24) is 4.90 Å². The topological polar surface area (TPSA) is 57.6 Å². The van der Waals surface area contributed by atoms with E-state index in [2.05, 4.69) is 0 Å². The van der Waals surface area contributed by atoms with Gasteiger partial charge in [-0.2, -0.15) is 0 Å². The molecule has 1 amide bonds. The highest BCUT2D eigenvalue weighted by Crippen LogP contribution is 2.41. The molecule has 5 heteroatoms. The van der Waals surface area contributed by atoms with E-state index in [0.29, 0.717) is 22.7 Å². The molecule has 0 bridgehead atoms. The molecule has 2 aromatic rings. The van der Waals surface area contributed by atoms with Crippen LogP contribution in [0.1, 0.15) is 31.0 Å². The van der Waals surface area contributed by atoms with E-state index in [4.69, 9.17) is 11.6 Å². The molecule has 1 atom stereocenters. The van der Waals surface area contributed by atoms with Crippen LogP contribution in [0.25, 0.3) is 5.76 Å². The van der Waals surface area contributed by atoms with Crippen LogP contribution >= 0.6 is 11.6 Å². The Bertz CT molecular complexity index is 874. The molecular weight excluding hydrogens is 350 g/mol. The van der Waals surface area contributed by atoms with Crippen LogP contribution in [0.3, 0.4) is 0 Å². The van der Waals surface area contributed by atoms with Gasteiger partial charge in [0.2, 0.25) is 0 Å². The molecule has 0 spiro atoms. The second kappa shape index (κ2) is 7.34. The van der Waals surface area contributed by atoms with Crippen LogP contribution in [0.2, 0.25) is 5.02 Å². The van der Waals surface area contributed by atoms with E-state index in [9.17, 15) is 14.7 Å². The predicted molar refractivity (Wildman–Crippen MR) is 102 cm³/mol. The lowest BCUT2D eigenvalue weighted by Crippen LogP contribution is -2.33. The molecule has 0 unspecified atom stereocenters. The molecule has 1 saturated heterocycles. The van der Waals surface area contributed by atoms with E-state index in [0.717, 1.165) is 0 Å². The first kappa shape index (κ1) is 18.2. The average Bonchev–Trinajstić information content (AvgIpc) is 2.87. The van der Waals surface area contributed by atoms with Crippen LogP contribution in [0.4, 0.5) is 0 Å². The standard InChI is InChI=1S/C21H20ClNO3/c1-13(2)12-23-18(15-10-6-7-11-16(15)22)17(20(25)21(23)26)19(24)14-8-4-3-5-9-14/h3-11,13,18,24H,12H2,1-2H3/t18-/m0/s1. The number of aliphatic hydroxyl groups excluding tert-OH is 1. The van der Waals surface area contributed by atoms with Gasteiger partial charge in [-0.1, -0.05) is 74.0 Å². The summed E-state index contributed by atoms with van der Waals surface area (Å²) in [6, 6.07) is 15.2. The maximum absolute atomic E-state index is 12.8. The second-order valence-corrected chi connectivity index (χ2v) is 7.14. The van der Waals surface area contributed by atoms with Gasteiger partial charge in [-0.15, -0.1) is 0 Å². The van der Waals surface area contributed by atoms with Gasteiger partial charge >= 0.3 is 0 Å². The molecule has 0 aliphatic carbocycles. The first-order valence-electron chi connectivity index (χ1n) is 8.50. The molecule has 4 nitrogen and oxygen atoms in total. The lowest BCUT2D eigenvalue weighted by Gasteiger charge is -2.27. The van der Waals surface area contributed by atoms with Crippen molar-refractivity contribution in [3.05, 3.63) is 76.3 Å². The molecule has 1 N–H and O–H groups in total. The van der Waals surface area contributed by atoms with Gasteiger partial charge in [0, 0.05) is 17.1 Å². The average molecular weight is 370 g/mol. The Hall–Kier alpha value is -2.59. The maximum atomic E-state index is 12.8. The van der Waals surface area contributed by atoms with Crippen LogP contribution in [0.15, 0.2) is 60.2 Å². The van der Waals surface area contributed by atoms with Gasteiger partial charge in [-0.25, -0.2) is 0 Å². The number of carbonyl (C=O) groups is 2. The Labute approximate surface area is 157 Å². The fraction of sp³-hybridized carbons (Fsp3) is 0.238. The van der Waals surface area contributed by atoms with E-state index in [1.807, 2.05) is 19.9 Å². The molecule has 134 valence electrons. The molecule has 1 fully saturated rings. The minimum atomic E-state index is -0.702. The molecule has 3 rings (SSSR count). The normalized spacial score (nSPS) is 19.4. The summed E-state index contributed by atoms with van der Waals surface area (Å²) in [5, 5.41) is 11.3. The highest BCUT2D eigenvalue weighted by molar-refractivity contribution is 6.47. The quantitative estimate of drug-likeness (QED) is 0.493. The third-order valence-corrected chi connectivity index (χ3v) is 4.69. The SMILES string of the molecule is CC(C)CN1C(=O)C(=O)C(=C(O)c2ccccc2)[C@@H]1c1ccccc1Cl. The van der Waals surface area contributed by atoms with Crippen LogP contribution in [-0.2, 0) is 9.59 Å². The summed E-state index contributed by atoms with van der Waals surface area (Å²) < 4.78 is 0. The van der Waals surface area contributed by atoms with Crippen molar-refractivity contribution in [2.24, 2.45) is 5.92 Å². The number of ketones is 1. The van der Waals surface area contributed by atoms with Crippen molar-refractivity contribution in [3.8, 4) is 0 Å². The van der Waals surface area contributed by atoms with E-state index in [1.54, 1.807) is 48.5 Å². The van der Waals surface area contributed by atoms with Gasteiger partial charge in [0.05, 0.1) is 11.6 Å². The Morgan fingerprint density at radius 2 is 1.69 bits per heavy atom. The van der Waals surface area contributed by atoms with Crippen molar-refractivity contribution in [2.45, 2.75) is 19.9 Å². The number of halogens is 1. The van der Waals surface area contributed by atoms with Gasteiger partial charge in [0.15, 0.2) is 0 Å². The van der Waals surface area contributed by atoms with Crippen LogP contribution in [0, 0.1) is 5.92 Å². The van der Waals surface area contributed by atoms with E-state index >= 15 is 0 Å². The highest BCUT2D eigenvalue weighted by atomic mass is 35.5. The third kappa shape index (κ3) is 3.25. The predicted octanol–water partition coefficient (Wildman–Crippen LogP) is 4.42. The molecule has 1 aliphatic heterocycles. The zero-order valence-electron chi connectivity index (χ0n) is 14.6. The summed E-state index contributed by atoms with van der Waals surface area (Å²) in [6.07, 6.45) is 0. The first-order valence-corrected chi connectivity index (χ1v) is 8.88. The Morgan fingerprint density at radius 3 is 2.31 bits per heavy atom. The molecule has 0 saturated carbocycles. The van der Waals surface area contributed by atoms with Crippen molar-refractivity contribution in [2.75, 3.05) is 6.54 Å². The minimum Gasteiger partial charge on any atom is -0.507 e. The van der Waals surface area contributed by atoms with Crippen molar-refractivity contribution < 1.29 is 14.7 Å².